The summed E-state index contributed by atoms with van der Waals surface area (Å²) in [6, 6.07) is 13.3. The summed E-state index contributed by atoms with van der Waals surface area (Å²) in [6.07, 6.45) is 1.13. The van der Waals surface area contributed by atoms with Crippen LogP contribution in [0.5, 0.6) is 5.75 Å². The summed E-state index contributed by atoms with van der Waals surface area (Å²) in [7, 11) is -3.49. The molecular weight excluding hydrogens is 376 g/mol. The van der Waals surface area contributed by atoms with Gasteiger partial charge in [0.25, 0.3) is 5.91 Å². The van der Waals surface area contributed by atoms with Crippen LogP contribution >= 0.6 is 11.6 Å². The minimum atomic E-state index is -3.49. The van der Waals surface area contributed by atoms with Crippen molar-refractivity contribution in [3.05, 3.63) is 59.1 Å². The number of sulfonamides is 1. The van der Waals surface area contributed by atoms with E-state index in [2.05, 4.69) is 5.32 Å². The van der Waals surface area contributed by atoms with Crippen LogP contribution in [0.4, 0.5) is 5.69 Å². The fraction of sp³-hybridized carbons (Fsp3) is 0.278. The molecule has 2 aromatic carbocycles. The van der Waals surface area contributed by atoms with E-state index in [1.807, 2.05) is 6.92 Å². The highest BCUT2D eigenvalue weighted by Crippen LogP contribution is 2.21. The van der Waals surface area contributed by atoms with E-state index >= 15 is 0 Å². The SMILES string of the molecule is CCOc1ccc(N(CCNC(=O)c2cccc(Cl)c2)S(C)(=O)=O)cc1. The third-order valence-corrected chi connectivity index (χ3v) is 4.95. The molecule has 8 heteroatoms. The number of carbonyl (C=O) groups is 1. The maximum Gasteiger partial charge on any atom is 0.251 e. The summed E-state index contributed by atoms with van der Waals surface area (Å²) < 4.78 is 30.8. The molecule has 140 valence electrons. The highest BCUT2D eigenvalue weighted by molar-refractivity contribution is 7.92. The number of nitrogens with one attached hydrogen (secondary N) is 1. The van der Waals surface area contributed by atoms with Crippen LogP contribution in [0.3, 0.4) is 0 Å². The van der Waals surface area contributed by atoms with Crippen molar-refractivity contribution in [2.45, 2.75) is 6.92 Å². The second kappa shape index (κ2) is 8.91. The first-order valence-electron chi connectivity index (χ1n) is 8.05. The molecule has 0 saturated heterocycles. The molecule has 0 heterocycles. The molecule has 0 radical (unpaired) electrons. The molecule has 0 fully saturated rings. The first kappa shape index (κ1) is 20.1. The van der Waals surface area contributed by atoms with Gasteiger partial charge in [-0.1, -0.05) is 17.7 Å². The maximum atomic E-state index is 12.1. The highest BCUT2D eigenvalue weighted by atomic mass is 35.5. The topological polar surface area (TPSA) is 75.7 Å². The van der Waals surface area contributed by atoms with Crippen molar-refractivity contribution < 1.29 is 17.9 Å². The van der Waals surface area contributed by atoms with Gasteiger partial charge in [0, 0.05) is 17.1 Å². The number of amides is 1. The quantitative estimate of drug-likeness (QED) is 0.744. The summed E-state index contributed by atoms with van der Waals surface area (Å²) in [5.41, 5.74) is 0.928. The molecule has 0 bridgehead atoms. The number of hydrogen-bond acceptors (Lipinski definition) is 4. The number of anilines is 1. The number of benzene rings is 2. The summed E-state index contributed by atoms with van der Waals surface area (Å²) in [4.78, 5) is 12.1. The van der Waals surface area contributed by atoms with E-state index in [1.165, 1.54) is 4.31 Å². The van der Waals surface area contributed by atoms with Crippen LogP contribution in [0.15, 0.2) is 48.5 Å². The minimum absolute atomic E-state index is 0.110. The van der Waals surface area contributed by atoms with Gasteiger partial charge in [0.05, 0.1) is 25.1 Å². The molecule has 0 aliphatic heterocycles. The average molecular weight is 397 g/mol. The van der Waals surface area contributed by atoms with Gasteiger partial charge in [-0.3, -0.25) is 9.10 Å². The number of ether oxygens (including phenoxy) is 1. The van der Waals surface area contributed by atoms with Crippen molar-refractivity contribution in [3.63, 3.8) is 0 Å². The number of hydrogen-bond donors (Lipinski definition) is 1. The smallest absolute Gasteiger partial charge is 0.251 e. The Balaban J connectivity index is 2.03. The fourth-order valence-corrected chi connectivity index (χ4v) is 3.48. The number of carbonyl (C=O) groups excluding carboxylic acids is 1. The van der Waals surface area contributed by atoms with Crippen molar-refractivity contribution in [2.75, 3.05) is 30.3 Å². The predicted molar refractivity (Wildman–Crippen MR) is 104 cm³/mol. The van der Waals surface area contributed by atoms with Crippen molar-refractivity contribution >= 4 is 33.2 Å². The second-order valence-corrected chi connectivity index (χ2v) is 7.87. The Morgan fingerprint density at radius 1 is 1.19 bits per heavy atom. The first-order valence-corrected chi connectivity index (χ1v) is 10.3. The number of halogens is 1. The zero-order valence-electron chi connectivity index (χ0n) is 14.6. The van der Waals surface area contributed by atoms with Gasteiger partial charge in [-0.05, 0) is 49.4 Å². The molecule has 0 spiro atoms. The van der Waals surface area contributed by atoms with Crippen molar-refractivity contribution in [1.82, 2.24) is 5.32 Å². The van der Waals surface area contributed by atoms with Crippen LogP contribution < -0.4 is 14.4 Å². The van der Waals surface area contributed by atoms with E-state index in [9.17, 15) is 13.2 Å². The van der Waals surface area contributed by atoms with Gasteiger partial charge < -0.3 is 10.1 Å². The van der Waals surface area contributed by atoms with Gasteiger partial charge in [0.1, 0.15) is 5.75 Å². The molecule has 6 nitrogen and oxygen atoms in total. The molecule has 0 atom stereocenters. The molecule has 0 aliphatic rings. The van der Waals surface area contributed by atoms with Crippen LogP contribution in [0.25, 0.3) is 0 Å². The Morgan fingerprint density at radius 3 is 2.46 bits per heavy atom. The van der Waals surface area contributed by atoms with Crippen molar-refractivity contribution in [3.8, 4) is 5.75 Å². The van der Waals surface area contributed by atoms with E-state index in [-0.39, 0.29) is 19.0 Å². The molecule has 0 unspecified atom stereocenters. The molecule has 1 N–H and O–H groups in total. The van der Waals surface area contributed by atoms with Gasteiger partial charge in [-0.2, -0.15) is 0 Å². The zero-order chi connectivity index (χ0) is 19.2. The lowest BCUT2D eigenvalue weighted by molar-refractivity contribution is 0.0955. The fourth-order valence-electron chi connectivity index (χ4n) is 2.36. The monoisotopic (exact) mass is 396 g/mol. The van der Waals surface area contributed by atoms with Gasteiger partial charge in [0.15, 0.2) is 0 Å². The molecule has 26 heavy (non-hydrogen) atoms. The third kappa shape index (κ3) is 5.64. The Labute approximate surface area is 158 Å². The van der Waals surface area contributed by atoms with Gasteiger partial charge in [-0.25, -0.2) is 8.42 Å². The molecule has 2 rings (SSSR count). The largest absolute Gasteiger partial charge is 0.494 e. The van der Waals surface area contributed by atoms with E-state index in [0.717, 1.165) is 6.26 Å². The van der Waals surface area contributed by atoms with Crippen LogP contribution in [0.1, 0.15) is 17.3 Å². The number of rotatable bonds is 8. The molecule has 0 saturated carbocycles. The Hall–Kier alpha value is -2.25. The van der Waals surface area contributed by atoms with Crippen LogP contribution in [-0.2, 0) is 10.0 Å². The van der Waals surface area contributed by atoms with Gasteiger partial charge >= 0.3 is 0 Å². The van der Waals surface area contributed by atoms with E-state index in [0.29, 0.717) is 28.6 Å². The van der Waals surface area contributed by atoms with E-state index in [4.69, 9.17) is 16.3 Å². The van der Waals surface area contributed by atoms with E-state index < -0.39 is 10.0 Å². The standard InChI is InChI=1S/C18H21ClN2O4S/c1-3-25-17-9-7-16(8-10-17)21(26(2,23)24)12-11-20-18(22)14-5-4-6-15(19)13-14/h4-10,13H,3,11-12H2,1-2H3,(H,20,22). The molecule has 2 aromatic rings. The van der Waals surface area contributed by atoms with E-state index in [1.54, 1.807) is 48.5 Å². The normalized spacial score (nSPS) is 11.0. The van der Waals surface area contributed by atoms with Crippen molar-refractivity contribution in [2.24, 2.45) is 0 Å². The second-order valence-electron chi connectivity index (χ2n) is 5.53. The Bertz CT molecular complexity index is 854. The van der Waals surface area contributed by atoms with Crippen molar-refractivity contribution in [1.29, 1.82) is 0 Å². The summed E-state index contributed by atoms with van der Waals surface area (Å²) in [6.45, 7) is 2.68. The Morgan fingerprint density at radius 2 is 1.88 bits per heavy atom. The highest BCUT2D eigenvalue weighted by Gasteiger charge is 2.17. The summed E-state index contributed by atoms with van der Waals surface area (Å²) in [5.74, 6) is 0.353. The molecule has 1 amide bonds. The molecular formula is C18H21ClN2O4S. The lowest BCUT2D eigenvalue weighted by Crippen LogP contribution is -2.38. The maximum absolute atomic E-state index is 12.1. The number of nitrogens with zero attached hydrogens (tertiary/aromatic N) is 1. The molecule has 0 aromatic heterocycles. The average Bonchev–Trinajstić information content (AvgIpc) is 2.59. The third-order valence-electron chi connectivity index (χ3n) is 3.52. The first-order chi connectivity index (χ1) is 12.3. The minimum Gasteiger partial charge on any atom is -0.494 e. The summed E-state index contributed by atoms with van der Waals surface area (Å²) >= 11 is 5.87. The van der Waals surface area contributed by atoms with Crippen LogP contribution in [0, 0.1) is 0 Å². The summed E-state index contributed by atoms with van der Waals surface area (Å²) in [5, 5.41) is 3.16. The lowest BCUT2D eigenvalue weighted by atomic mass is 10.2. The lowest BCUT2D eigenvalue weighted by Gasteiger charge is -2.22. The molecule has 0 aliphatic carbocycles. The van der Waals surface area contributed by atoms with Gasteiger partial charge in [-0.15, -0.1) is 0 Å². The van der Waals surface area contributed by atoms with Crippen LogP contribution in [0.2, 0.25) is 5.02 Å². The Kier molecular flexibility index (Phi) is 6.88. The van der Waals surface area contributed by atoms with Crippen LogP contribution in [-0.4, -0.2) is 40.3 Å². The van der Waals surface area contributed by atoms with Gasteiger partial charge in [0.2, 0.25) is 10.0 Å². The zero-order valence-corrected chi connectivity index (χ0v) is 16.2. The predicted octanol–water partition coefficient (Wildman–Crippen LogP) is 2.93.